The van der Waals surface area contributed by atoms with E-state index in [0.717, 1.165) is 5.56 Å². The fourth-order valence-electron chi connectivity index (χ4n) is 2.80. The Morgan fingerprint density at radius 2 is 1.76 bits per heavy atom. The summed E-state index contributed by atoms with van der Waals surface area (Å²) in [6.07, 6.45) is 2.84. The van der Waals surface area contributed by atoms with Gasteiger partial charge in [0.25, 0.3) is 5.69 Å². The minimum absolute atomic E-state index is 0.0299. The molecule has 146 valence electrons. The molecule has 0 aliphatic carbocycles. The second-order valence-electron chi connectivity index (χ2n) is 6.14. The van der Waals surface area contributed by atoms with Crippen molar-refractivity contribution in [3.63, 3.8) is 0 Å². The van der Waals surface area contributed by atoms with Crippen LogP contribution in [-0.4, -0.2) is 24.4 Å². The van der Waals surface area contributed by atoms with Gasteiger partial charge in [-0.1, -0.05) is 30.0 Å². The molecule has 0 fully saturated rings. The van der Waals surface area contributed by atoms with Crippen molar-refractivity contribution in [2.75, 3.05) is 0 Å². The van der Waals surface area contributed by atoms with E-state index in [0.29, 0.717) is 21.9 Å². The van der Waals surface area contributed by atoms with Crippen LogP contribution in [0.15, 0.2) is 60.1 Å². The molecule has 0 bridgehead atoms. The Morgan fingerprint density at radius 1 is 1.03 bits per heavy atom. The van der Waals surface area contributed by atoms with E-state index in [1.807, 2.05) is 0 Å². The molecule has 7 nitrogen and oxygen atoms in total. The summed E-state index contributed by atoms with van der Waals surface area (Å²) in [5, 5.41) is 11.4. The first-order chi connectivity index (χ1) is 14.0. The van der Waals surface area contributed by atoms with Crippen LogP contribution < -0.4 is 0 Å². The maximum Gasteiger partial charge on any atom is 0.269 e. The summed E-state index contributed by atoms with van der Waals surface area (Å²) < 4.78 is 29.5. The fraction of sp³-hybridized carbons (Fsp3) is 0.105. The lowest BCUT2D eigenvalue weighted by Crippen LogP contribution is -2.04. The summed E-state index contributed by atoms with van der Waals surface area (Å²) in [7, 11) is 0. The number of benzene rings is 2. The van der Waals surface area contributed by atoms with Crippen molar-refractivity contribution >= 4 is 28.6 Å². The fourth-order valence-corrected chi connectivity index (χ4v) is 3.70. The summed E-state index contributed by atoms with van der Waals surface area (Å²) in [6, 6.07) is 9.99. The van der Waals surface area contributed by atoms with E-state index in [1.54, 1.807) is 16.7 Å². The molecule has 0 saturated carbocycles. The lowest BCUT2D eigenvalue weighted by molar-refractivity contribution is -0.384. The van der Waals surface area contributed by atoms with Crippen molar-refractivity contribution < 1.29 is 13.7 Å². The van der Waals surface area contributed by atoms with Crippen LogP contribution in [0.4, 0.5) is 14.5 Å². The zero-order valence-electron chi connectivity index (χ0n) is 14.8. The number of halogens is 2. The first-order valence-electron chi connectivity index (χ1n) is 8.48. The van der Waals surface area contributed by atoms with Gasteiger partial charge in [-0.2, -0.15) is 0 Å². The van der Waals surface area contributed by atoms with Crippen molar-refractivity contribution in [1.82, 2.24) is 19.5 Å². The zero-order valence-corrected chi connectivity index (χ0v) is 15.6. The van der Waals surface area contributed by atoms with Crippen LogP contribution in [0.3, 0.4) is 0 Å². The van der Waals surface area contributed by atoms with E-state index in [4.69, 9.17) is 0 Å². The number of rotatable bonds is 6. The first-order valence-corrected chi connectivity index (χ1v) is 9.46. The zero-order chi connectivity index (χ0) is 20.4. The average Bonchev–Trinajstić information content (AvgIpc) is 3.13. The predicted molar refractivity (Wildman–Crippen MR) is 103 cm³/mol. The molecule has 0 spiro atoms. The van der Waals surface area contributed by atoms with Gasteiger partial charge in [0.1, 0.15) is 28.5 Å². The summed E-state index contributed by atoms with van der Waals surface area (Å²) in [5.74, 6) is -0.735. The number of aromatic nitrogens is 4. The molecule has 10 heteroatoms. The second-order valence-corrected chi connectivity index (χ2v) is 7.10. The lowest BCUT2D eigenvalue weighted by atomic mass is 10.2. The van der Waals surface area contributed by atoms with Crippen LogP contribution in [0, 0.1) is 21.7 Å². The maximum atomic E-state index is 14.0. The van der Waals surface area contributed by atoms with Crippen LogP contribution in [0.5, 0.6) is 0 Å². The third kappa shape index (κ3) is 3.92. The Hall–Kier alpha value is -3.40. The average molecular weight is 413 g/mol. The predicted octanol–water partition coefficient (Wildman–Crippen LogP) is 4.35. The van der Waals surface area contributed by atoms with Gasteiger partial charge < -0.3 is 4.57 Å². The highest BCUT2D eigenvalue weighted by molar-refractivity contribution is 7.98. The van der Waals surface area contributed by atoms with E-state index in [1.165, 1.54) is 54.7 Å². The van der Waals surface area contributed by atoms with Gasteiger partial charge in [0.2, 0.25) is 0 Å². The van der Waals surface area contributed by atoms with Crippen LogP contribution in [-0.2, 0) is 12.3 Å². The highest BCUT2D eigenvalue weighted by atomic mass is 32.2. The molecule has 29 heavy (non-hydrogen) atoms. The van der Waals surface area contributed by atoms with Crippen LogP contribution in [0.2, 0.25) is 0 Å². The van der Waals surface area contributed by atoms with Gasteiger partial charge in [-0.25, -0.2) is 23.7 Å². The molecule has 0 unspecified atom stereocenters. The number of nitro groups is 1. The third-order valence-corrected chi connectivity index (χ3v) is 5.33. The van der Waals surface area contributed by atoms with Crippen molar-refractivity contribution in [3.8, 4) is 0 Å². The molecule has 0 N–H and O–H groups in total. The number of nitro benzene ring substituents is 1. The molecule has 0 atom stereocenters. The Morgan fingerprint density at radius 3 is 2.45 bits per heavy atom. The molecule has 0 aliphatic rings. The topological polar surface area (TPSA) is 86.7 Å². The van der Waals surface area contributed by atoms with Crippen molar-refractivity contribution in [2.45, 2.75) is 17.3 Å². The molecule has 2 aromatic carbocycles. The van der Waals surface area contributed by atoms with E-state index >= 15 is 0 Å². The molecule has 0 radical (unpaired) electrons. The van der Waals surface area contributed by atoms with Gasteiger partial charge in [0.05, 0.1) is 17.8 Å². The lowest BCUT2D eigenvalue weighted by Gasteiger charge is -2.07. The molecule has 0 saturated heterocycles. The van der Waals surface area contributed by atoms with Crippen molar-refractivity contribution in [2.24, 2.45) is 0 Å². The van der Waals surface area contributed by atoms with Crippen molar-refractivity contribution in [3.05, 3.63) is 88.0 Å². The van der Waals surface area contributed by atoms with Crippen LogP contribution in [0.25, 0.3) is 11.2 Å². The van der Waals surface area contributed by atoms with Gasteiger partial charge >= 0.3 is 0 Å². The summed E-state index contributed by atoms with van der Waals surface area (Å²) in [5.41, 5.74) is 1.85. The third-order valence-electron chi connectivity index (χ3n) is 4.28. The van der Waals surface area contributed by atoms with E-state index in [2.05, 4.69) is 15.0 Å². The quantitative estimate of drug-likeness (QED) is 0.202. The standard InChI is InChI=1S/C19H13F2N5O2S/c20-15-2-1-3-16(21)14(15)8-25-11-24-17-18(25)22-10-23-19(17)29-9-12-4-6-13(7-5-12)26(27)28/h1-7,10-11H,8-9H2. The van der Waals surface area contributed by atoms with E-state index in [9.17, 15) is 18.9 Å². The normalized spacial score (nSPS) is 11.1. The maximum absolute atomic E-state index is 14.0. The number of hydrogen-bond donors (Lipinski definition) is 0. The van der Waals surface area contributed by atoms with Gasteiger partial charge in [-0.3, -0.25) is 10.1 Å². The Labute approximate surface area is 167 Å². The highest BCUT2D eigenvalue weighted by Gasteiger charge is 2.15. The molecule has 0 amide bonds. The van der Waals surface area contributed by atoms with E-state index in [-0.39, 0.29) is 17.8 Å². The molecule has 0 aliphatic heterocycles. The number of thioether (sulfide) groups is 1. The number of imidazole rings is 1. The first kappa shape index (κ1) is 18.9. The van der Waals surface area contributed by atoms with Gasteiger partial charge in [0.15, 0.2) is 5.65 Å². The molecule has 2 heterocycles. The smallest absolute Gasteiger partial charge is 0.269 e. The van der Waals surface area contributed by atoms with Crippen LogP contribution in [0.1, 0.15) is 11.1 Å². The Balaban J connectivity index is 1.56. The summed E-state index contributed by atoms with van der Waals surface area (Å²) >= 11 is 1.40. The summed E-state index contributed by atoms with van der Waals surface area (Å²) in [4.78, 5) is 23.0. The van der Waals surface area contributed by atoms with Crippen LogP contribution >= 0.6 is 11.8 Å². The Kier molecular flexibility index (Phi) is 5.17. The number of fused-ring (bicyclic) bond motifs is 1. The second kappa shape index (κ2) is 7.92. The van der Waals surface area contributed by atoms with Gasteiger partial charge in [-0.05, 0) is 17.7 Å². The molecule has 4 aromatic rings. The monoisotopic (exact) mass is 413 g/mol. The minimum Gasteiger partial charge on any atom is -0.310 e. The van der Waals surface area contributed by atoms with Gasteiger partial charge in [0, 0.05) is 23.4 Å². The largest absolute Gasteiger partial charge is 0.310 e. The van der Waals surface area contributed by atoms with E-state index < -0.39 is 16.6 Å². The number of hydrogen-bond acceptors (Lipinski definition) is 6. The highest BCUT2D eigenvalue weighted by Crippen LogP contribution is 2.27. The summed E-state index contributed by atoms with van der Waals surface area (Å²) in [6.45, 7) is -0.0432. The number of non-ortho nitro benzene ring substituents is 1. The SMILES string of the molecule is O=[N+]([O-])c1ccc(CSc2ncnc3c2ncn3Cc2c(F)cccc2F)cc1. The molecule has 2 aromatic heterocycles. The Bertz CT molecular complexity index is 1180. The van der Waals surface area contributed by atoms with Gasteiger partial charge in [-0.15, -0.1) is 0 Å². The van der Waals surface area contributed by atoms with Crippen molar-refractivity contribution in [1.29, 1.82) is 0 Å². The number of nitrogens with zero attached hydrogens (tertiary/aromatic N) is 5. The molecular weight excluding hydrogens is 400 g/mol. The molecular formula is C19H13F2N5O2S. The molecule has 4 rings (SSSR count). The minimum atomic E-state index is -0.631.